The van der Waals surface area contributed by atoms with Crippen LogP contribution < -0.4 is 11.1 Å². The lowest BCUT2D eigenvalue weighted by Gasteiger charge is -2.07. The average molecular weight is 160 g/mol. The lowest BCUT2D eigenvalue weighted by atomic mass is 10.2. The van der Waals surface area contributed by atoms with Crippen LogP contribution in [-0.4, -0.2) is 29.6 Å². The van der Waals surface area contributed by atoms with Gasteiger partial charge in [0.2, 0.25) is 5.91 Å². The molecule has 0 radical (unpaired) electrons. The largest absolute Gasteiger partial charge is 0.481 e. The fraction of sp³-hybridized carbons (Fsp3) is 0.667. The maximum Gasteiger partial charge on any atom is 0.305 e. The van der Waals surface area contributed by atoms with E-state index in [2.05, 4.69) is 5.32 Å². The summed E-state index contributed by atoms with van der Waals surface area (Å²) in [4.78, 5) is 20.8. The van der Waals surface area contributed by atoms with Crippen molar-refractivity contribution in [1.29, 1.82) is 0 Å². The van der Waals surface area contributed by atoms with Gasteiger partial charge in [-0.3, -0.25) is 9.59 Å². The Morgan fingerprint density at radius 1 is 1.64 bits per heavy atom. The number of likely N-dealkylation sites (N-methyl/N-ethyl adjacent to an activating group) is 1. The molecular formula is C6H12N2O3. The molecule has 0 fully saturated rings. The zero-order valence-electron chi connectivity index (χ0n) is 6.33. The van der Waals surface area contributed by atoms with Crippen molar-refractivity contribution in [3.05, 3.63) is 0 Å². The number of hydrogen-bond acceptors (Lipinski definition) is 3. The van der Waals surface area contributed by atoms with Gasteiger partial charge in [0.25, 0.3) is 0 Å². The van der Waals surface area contributed by atoms with Crippen LogP contribution in [0.2, 0.25) is 0 Å². The van der Waals surface area contributed by atoms with Crippen molar-refractivity contribution in [1.82, 2.24) is 5.32 Å². The number of aliphatic carboxylic acids is 1. The van der Waals surface area contributed by atoms with Gasteiger partial charge in [0, 0.05) is 6.54 Å². The van der Waals surface area contributed by atoms with E-state index in [9.17, 15) is 9.59 Å². The van der Waals surface area contributed by atoms with Crippen LogP contribution in [-0.2, 0) is 9.59 Å². The summed E-state index contributed by atoms with van der Waals surface area (Å²) in [6.07, 6.45) is -0.328. The van der Waals surface area contributed by atoms with E-state index in [0.717, 1.165) is 0 Å². The Bertz CT molecular complexity index is 158. The minimum atomic E-state index is -1.07. The van der Waals surface area contributed by atoms with E-state index >= 15 is 0 Å². The number of carboxylic acids is 1. The molecule has 1 atom stereocenters. The van der Waals surface area contributed by atoms with E-state index in [1.165, 1.54) is 0 Å². The van der Waals surface area contributed by atoms with Crippen LogP contribution in [0.4, 0.5) is 0 Å². The summed E-state index contributed by atoms with van der Waals surface area (Å²) in [6.45, 7) is 2.21. The second kappa shape index (κ2) is 4.68. The SMILES string of the molecule is CCNC(=O)[C@@H](N)CC(=O)O. The highest BCUT2D eigenvalue weighted by Crippen LogP contribution is 1.87. The Labute approximate surface area is 64.6 Å². The molecule has 0 saturated carbocycles. The normalized spacial score (nSPS) is 12.2. The summed E-state index contributed by atoms with van der Waals surface area (Å²) < 4.78 is 0. The molecule has 0 aliphatic heterocycles. The van der Waals surface area contributed by atoms with E-state index in [0.29, 0.717) is 6.54 Å². The predicted octanol–water partition coefficient (Wildman–Crippen LogP) is -1.08. The molecule has 0 heterocycles. The van der Waals surface area contributed by atoms with E-state index < -0.39 is 17.9 Å². The molecule has 5 heteroatoms. The van der Waals surface area contributed by atoms with Crippen molar-refractivity contribution in [2.75, 3.05) is 6.54 Å². The van der Waals surface area contributed by atoms with Crippen molar-refractivity contribution in [2.24, 2.45) is 5.73 Å². The van der Waals surface area contributed by atoms with E-state index in [-0.39, 0.29) is 6.42 Å². The van der Waals surface area contributed by atoms with E-state index in [4.69, 9.17) is 10.8 Å². The van der Waals surface area contributed by atoms with Gasteiger partial charge in [0.15, 0.2) is 0 Å². The minimum Gasteiger partial charge on any atom is -0.481 e. The predicted molar refractivity (Wildman–Crippen MR) is 38.9 cm³/mol. The van der Waals surface area contributed by atoms with Gasteiger partial charge in [0.05, 0.1) is 12.5 Å². The van der Waals surface area contributed by atoms with Crippen LogP contribution in [0.3, 0.4) is 0 Å². The fourth-order valence-electron chi connectivity index (χ4n) is 0.586. The Morgan fingerprint density at radius 3 is 2.55 bits per heavy atom. The molecule has 0 aliphatic rings. The number of amides is 1. The first-order valence-electron chi connectivity index (χ1n) is 3.33. The van der Waals surface area contributed by atoms with Crippen LogP contribution in [0.25, 0.3) is 0 Å². The summed E-state index contributed by atoms with van der Waals surface area (Å²) in [5.74, 6) is -1.49. The molecule has 0 saturated heterocycles. The van der Waals surface area contributed by atoms with Crippen LogP contribution in [0, 0.1) is 0 Å². The van der Waals surface area contributed by atoms with Gasteiger partial charge in [-0.2, -0.15) is 0 Å². The van der Waals surface area contributed by atoms with Crippen LogP contribution in [0.15, 0.2) is 0 Å². The molecule has 0 bridgehead atoms. The number of rotatable bonds is 4. The second-order valence-corrected chi connectivity index (χ2v) is 2.10. The molecular weight excluding hydrogens is 148 g/mol. The first kappa shape index (κ1) is 9.90. The Morgan fingerprint density at radius 2 is 2.18 bits per heavy atom. The highest BCUT2D eigenvalue weighted by molar-refractivity contribution is 5.85. The van der Waals surface area contributed by atoms with Crippen molar-refractivity contribution in [3.63, 3.8) is 0 Å². The monoisotopic (exact) mass is 160 g/mol. The molecule has 0 aromatic carbocycles. The van der Waals surface area contributed by atoms with Crippen LogP contribution in [0.5, 0.6) is 0 Å². The zero-order chi connectivity index (χ0) is 8.85. The number of carboxylic acid groups (broad SMARTS) is 1. The molecule has 5 nitrogen and oxygen atoms in total. The lowest BCUT2D eigenvalue weighted by Crippen LogP contribution is -2.41. The number of carbonyl (C=O) groups excluding carboxylic acids is 1. The first-order valence-corrected chi connectivity index (χ1v) is 3.33. The standard InChI is InChI=1S/C6H12N2O3/c1-2-8-6(11)4(7)3-5(9)10/h4H,2-3,7H2,1H3,(H,8,11)(H,9,10)/t4-/m0/s1. The highest BCUT2D eigenvalue weighted by atomic mass is 16.4. The number of nitrogens with two attached hydrogens (primary N) is 1. The van der Waals surface area contributed by atoms with Crippen LogP contribution >= 0.6 is 0 Å². The topological polar surface area (TPSA) is 92.4 Å². The number of nitrogens with one attached hydrogen (secondary N) is 1. The zero-order valence-corrected chi connectivity index (χ0v) is 6.33. The van der Waals surface area contributed by atoms with Crippen molar-refractivity contribution >= 4 is 11.9 Å². The maximum atomic E-state index is 10.8. The minimum absolute atomic E-state index is 0.328. The molecule has 0 aliphatic carbocycles. The Hall–Kier alpha value is -1.10. The molecule has 11 heavy (non-hydrogen) atoms. The van der Waals surface area contributed by atoms with Gasteiger partial charge in [-0.05, 0) is 6.92 Å². The van der Waals surface area contributed by atoms with E-state index in [1.54, 1.807) is 6.92 Å². The lowest BCUT2D eigenvalue weighted by molar-refractivity contribution is -0.139. The smallest absolute Gasteiger partial charge is 0.305 e. The number of hydrogen-bond donors (Lipinski definition) is 3. The second-order valence-electron chi connectivity index (χ2n) is 2.10. The van der Waals surface area contributed by atoms with Crippen molar-refractivity contribution in [2.45, 2.75) is 19.4 Å². The van der Waals surface area contributed by atoms with Gasteiger partial charge in [-0.1, -0.05) is 0 Å². The average Bonchev–Trinajstić information content (AvgIpc) is 1.86. The molecule has 64 valence electrons. The third kappa shape index (κ3) is 4.32. The summed E-state index contributed by atoms with van der Waals surface area (Å²) in [5.41, 5.74) is 5.21. The number of carbonyl (C=O) groups is 2. The van der Waals surface area contributed by atoms with Gasteiger partial charge < -0.3 is 16.2 Å². The molecule has 0 spiro atoms. The fourth-order valence-corrected chi connectivity index (χ4v) is 0.586. The van der Waals surface area contributed by atoms with Gasteiger partial charge >= 0.3 is 5.97 Å². The van der Waals surface area contributed by atoms with Gasteiger partial charge in [-0.15, -0.1) is 0 Å². The van der Waals surface area contributed by atoms with Gasteiger partial charge in [-0.25, -0.2) is 0 Å². The summed E-state index contributed by atoms with van der Waals surface area (Å²) in [5, 5.41) is 10.7. The third-order valence-corrected chi connectivity index (χ3v) is 1.08. The van der Waals surface area contributed by atoms with Crippen molar-refractivity contribution in [3.8, 4) is 0 Å². The molecule has 1 amide bonds. The summed E-state index contributed by atoms with van der Waals surface area (Å²) in [6, 6.07) is -0.938. The molecule has 0 aromatic heterocycles. The maximum absolute atomic E-state index is 10.8. The molecule has 4 N–H and O–H groups in total. The molecule has 0 unspecified atom stereocenters. The quantitative estimate of drug-likeness (QED) is 0.488. The van der Waals surface area contributed by atoms with Crippen molar-refractivity contribution < 1.29 is 14.7 Å². The van der Waals surface area contributed by atoms with Gasteiger partial charge in [0.1, 0.15) is 0 Å². The Kier molecular flexibility index (Phi) is 4.21. The van der Waals surface area contributed by atoms with E-state index in [1.807, 2.05) is 0 Å². The summed E-state index contributed by atoms with van der Waals surface area (Å²) in [7, 11) is 0. The first-order chi connectivity index (χ1) is 5.07. The Balaban J connectivity index is 3.73. The molecule has 0 rings (SSSR count). The highest BCUT2D eigenvalue weighted by Gasteiger charge is 2.15. The molecule has 0 aromatic rings. The third-order valence-electron chi connectivity index (χ3n) is 1.08. The van der Waals surface area contributed by atoms with Crippen LogP contribution in [0.1, 0.15) is 13.3 Å². The summed E-state index contributed by atoms with van der Waals surface area (Å²) >= 11 is 0.